The lowest BCUT2D eigenvalue weighted by Crippen LogP contribution is -2.14. The molecular formula is C12H22N10O2P4. The Labute approximate surface area is 162 Å². The maximum Gasteiger partial charge on any atom is 0.330 e. The van der Waals surface area contributed by atoms with Crippen molar-refractivity contribution < 1.29 is 9.05 Å². The fourth-order valence-corrected chi connectivity index (χ4v) is 12.1. The molecule has 0 amide bonds. The quantitative estimate of drug-likeness (QED) is 0.366. The molecule has 0 radical (unpaired) electrons. The van der Waals surface area contributed by atoms with Gasteiger partial charge in [-0.05, 0) is 24.3 Å². The van der Waals surface area contributed by atoms with E-state index >= 15 is 0 Å². The number of rotatable bonds is 4. The lowest BCUT2D eigenvalue weighted by Gasteiger charge is -2.27. The van der Waals surface area contributed by atoms with E-state index in [1.165, 1.54) is 0 Å². The highest BCUT2D eigenvalue weighted by Crippen LogP contribution is 2.67. The normalized spacial score (nSPS) is 28.2. The van der Waals surface area contributed by atoms with Crippen LogP contribution in [-0.2, 0) is 0 Å². The minimum atomic E-state index is -3.52. The predicted molar refractivity (Wildman–Crippen MR) is 117 cm³/mol. The minimum absolute atomic E-state index is 0.402. The zero-order chi connectivity index (χ0) is 20.5. The van der Waals surface area contributed by atoms with Crippen molar-refractivity contribution in [2.24, 2.45) is 51.1 Å². The third-order valence-corrected chi connectivity index (χ3v) is 12.7. The van der Waals surface area contributed by atoms with E-state index in [0.29, 0.717) is 11.5 Å². The van der Waals surface area contributed by atoms with Crippen molar-refractivity contribution >= 4 is 30.2 Å². The Morgan fingerprint density at radius 3 is 1.36 bits per heavy atom. The molecule has 2 aromatic rings. The first-order valence-electron chi connectivity index (χ1n) is 7.74. The van der Waals surface area contributed by atoms with Crippen molar-refractivity contribution in [3.8, 4) is 11.5 Å². The summed E-state index contributed by atoms with van der Waals surface area (Å²) >= 11 is 0. The van der Waals surface area contributed by atoms with Gasteiger partial charge in [0.25, 0.3) is 0 Å². The summed E-state index contributed by atoms with van der Waals surface area (Å²) in [6.45, 7) is 0. The van der Waals surface area contributed by atoms with E-state index in [9.17, 15) is 0 Å². The van der Waals surface area contributed by atoms with Gasteiger partial charge in [0.2, 0.25) is 15.0 Å². The van der Waals surface area contributed by atoms with Gasteiger partial charge in [-0.15, -0.1) is 4.52 Å². The number of nitrogens with two attached hydrogens (primary N) is 6. The summed E-state index contributed by atoms with van der Waals surface area (Å²) in [5, 5.41) is 0. The molecule has 0 aromatic heterocycles. The van der Waals surface area contributed by atoms with Gasteiger partial charge in [0.1, 0.15) is 11.5 Å². The molecule has 0 saturated heterocycles. The Hall–Kier alpha value is -1.28. The van der Waals surface area contributed by atoms with Crippen LogP contribution in [0.25, 0.3) is 0 Å². The summed E-state index contributed by atoms with van der Waals surface area (Å²) in [7, 11) is -13.8. The van der Waals surface area contributed by atoms with Gasteiger partial charge in [-0.1, -0.05) is 36.4 Å². The average molecular weight is 462 g/mol. The van der Waals surface area contributed by atoms with Crippen molar-refractivity contribution in [3.63, 3.8) is 0 Å². The van der Waals surface area contributed by atoms with Crippen molar-refractivity contribution in [3.05, 3.63) is 60.7 Å². The van der Waals surface area contributed by atoms with Crippen LogP contribution in [0.4, 0.5) is 0 Å². The molecule has 12 N–H and O–H groups in total. The molecule has 152 valence electrons. The van der Waals surface area contributed by atoms with Crippen LogP contribution in [0.15, 0.2) is 78.7 Å². The summed E-state index contributed by atoms with van der Waals surface area (Å²) in [4.78, 5) is 0. The minimum Gasteiger partial charge on any atom is -0.431 e. The Balaban J connectivity index is 2.19. The van der Waals surface area contributed by atoms with E-state index in [1.54, 1.807) is 48.5 Å². The van der Waals surface area contributed by atoms with Gasteiger partial charge in [-0.2, -0.15) is 13.5 Å². The first-order chi connectivity index (χ1) is 13.0. The number of benzene rings is 2. The fourth-order valence-electron chi connectivity index (χ4n) is 2.24. The summed E-state index contributed by atoms with van der Waals surface area (Å²) < 4.78 is 28.4. The highest BCUT2D eigenvalue weighted by Gasteiger charge is 2.32. The maximum atomic E-state index is 6.36. The fraction of sp³-hybridized carbons (Fsp3) is 0. The highest BCUT2D eigenvalue weighted by molar-refractivity contribution is 7.82. The topological polar surface area (TPSA) is 224 Å². The Bertz CT molecular complexity index is 1020. The molecular weight excluding hydrogens is 440 g/mol. The van der Waals surface area contributed by atoms with Crippen molar-refractivity contribution in [1.82, 2.24) is 0 Å². The largest absolute Gasteiger partial charge is 0.431 e. The van der Waals surface area contributed by atoms with E-state index in [4.69, 9.17) is 42.1 Å². The second-order valence-corrected chi connectivity index (χ2v) is 14.1. The van der Waals surface area contributed by atoms with Gasteiger partial charge in [0.05, 0.1) is 0 Å². The van der Waals surface area contributed by atoms with E-state index in [-0.39, 0.29) is 0 Å². The third kappa shape index (κ3) is 5.86. The highest BCUT2D eigenvalue weighted by atomic mass is 31.3. The first kappa shape index (κ1) is 21.4. The summed E-state index contributed by atoms with van der Waals surface area (Å²) in [6, 6.07) is 17.4. The van der Waals surface area contributed by atoms with Gasteiger partial charge in [0.15, 0.2) is 0 Å². The molecule has 0 aliphatic carbocycles. The van der Waals surface area contributed by atoms with E-state index in [1.807, 2.05) is 12.1 Å². The SMILES string of the molecule is NP1(N)=NP(N)(N)=NP(N)(Oc2ccccc2)=NP(N)(Oc2ccccc2)=N1. The Morgan fingerprint density at radius 2 is 0.893 bits per heavy atom. The van der Waals surface area contributed by atoms with Crippen molar-refractivity contribution in [1.29, 1.82) is 0 Å². The summed E-state index contributed by atoms with van der Waals surface area (Å²) in [5.41, 5.74) is 36.7. The molecule has 3 rings (SSSR count). The summed E-state index contributed by atoms with van der Waals surface area (Å²) in [6.07, 6.45) is 0. The van der Waals surface area contributed by atoms with Crippen LogP contribution in [0.5, 0.6) is 11.5 Å². The zero-order valence-electron chi connectivity index (χ0n) is 14.6. The molecule has 0 saturated carbocycles. The molecule has 2 unspecified atom stereocenters. The second-order valence-electron chi connectivity index (χ2n) is 5.75. The van der Waals surface area contributed by atoms with Gasteiger partial charge >= 0.3 is 15.2 Å². The average Bonchev–Trinajstić information content (AvgIpc) is 2.52. The molecule has 12 nitrogen and oxygen atoms in total. The van der Waals surface area contributed by atoms with Crippen LogP contribution in [0.2, 0.25) is 0 Å². The van der Waals surface area contributed by atoms with Gasteiger partial charge < -0.3 is 9.05 Å². The van der Waals surface area contributed by atoms with Crippen LogP contribution in [-0.4, -0.2) is 0 Å². The molecule has 2 atom stereocenters. The maximum absolute atomic E-state index is 6.36. The smallest absolute Gasteiger partial charge is 0.330 e. The molecule has 0 spiro atoms. The third-order valence-electron chi connectivity index (χ3n) is 3.05. The van der Waals surface area contributed by atoms with Crippen LogP contribution in [0.1, 0.15) is 0 Å². The molecule has 1 aliphatic heterocycles. The number of nitrogens with zero attached hydrogens (tertiary/aromatic N) is 4. The van der Waals surface area contributed by atoms with Crippen LogP contribution < -0.4 is 42.1 Å². The van der Waals surface area contributed by atoms with Crippen LogP contribution in [0, 0.1) is 0 Å². The lowest BCUT2D eigenvalue weighted by molar-refractivity contribution is 0.593. The van der Waals surface area contributed by atoms with Crippen LogP contribution in [0.3, 0.4) is 0 Å². The standard InChI is InChI=1S/C12H22N10O2P4/c13-25(14)19-26(15,16)21-28(18,24-12-9-5-2-6-10-12)22-27(17,20-25)23-11-7-3-1-4-8-11/h1-10H,13-18H2. The number of hydrogen-bond acceptors (Lipinski definition) is 12. The molecule has 2 aromatic carbocycles. The second kappa shape index (κ2) is 7.86. The van der Waals surface area contributed by atoms with Crippen LogP contribution >= 0.6 is 30.2 Å². The zero-order valence-corrected chi connectivity index (χ0v) is 18.2. The van der Waals surface area contributed by atoms with Gasteiger partial charge in [-0.25, -0.2) is 11.0 Å². The van der Waals surface area contributed by atoms with Crippen molar-refractivity contribution in [2.75, 3.05) is 0 Å². The van der Waals surface area contributed by atoms with Crippen molar-refractivity contribution in [2.45, 2.75) is 0 Å². The molecule has 16 heteroatoms. The molecule has 1 heterocycles. The molecule has 1 aliphatic rings. The van der Waals surface area contributed by atoms with E-state index in [2.05, 4.69) is 18.1 Å². The first-order valence-corrected chi connectivity index (χ1v) is 14.8. The predicted octanol–water partition coefficient (Wildman–Crippen LogP) is 3.70. The van der Waals surface area contributed by atoms with E-state index in [0.717, 1.165) is 0 Å². The summed E-state index contributed by atoms with van der Waals surface area (Å²) in [5.74, 6) is 0.804. The van der Waals surface area contributed by atoms with Gasteiger partial charge in [0, 0.05) is 0 Å². The van der Waals surface area contributed by atoms with Gasteiger partial charge in [-0.3, -0.25) is 22.0 Å². The number of para-hydroxylation sites is 2. The molecule has 0 bridgehead atoms. The lowest BCUT2D eigenvalue weighted by atomic mass is 10.3. The Kier molecular flexibility index (Phi) is 6.01. The van der Waals surface area contributed by atoms with E-state index < -0.39 is 30.2 Å². The number of hydrogen-bond donors (Lipinski definition) is 6. The monoisotopic (exact) mass is 462 g/mol. The molecule has 28 heavy (non-hydrogen) atoms. The molecule has 0 fully saturated rings. The Morgan fingerprint density at radius 1 is 0.500 bits per heavy atom.